The highest BCUT2D eigenvalue weighted by molar-refractivity contribution is 6.03. The molecule has 210 valence electrons. The Morgan fingerprint density at radius 2 is 1.05 bits per heavy atom. The number of benzene rings is 1. The van der Waals surface area contributed by atoms with Crippen molar-refractivity contribution >= 4 is 5.78 Å². The Morgan fingerprint density at radius 3 is 1.38 bits per heavy atom. The largest absolute Gasteiger partial charge is 0.507 e. The van der Waals surface area contributed by atoms with E-state index in [2.05, 4.69) is 0 Å². The van der Waals surface area contributed by atoms with Crippen LogP contribution in [0.3, 0.4) is 0 Å². The fourth-order valence-electron chi connectivity index (χ4n) is 4.57. The number of rotatable bonds is 9. The molecule has 0 bridgehead atoms. The van der Waals surface area contributed by atoms with E-state index in [1.807, 2.05) is 0 Å². The Bertz CT molecular complexity index is 1460. The van der Waals surface area contributed by atoms with Gasteiger partial charge in [-0.05, 0) is 20.3 Å². The first kappa shape index (κ1) is 29.3. The number of phenols is 3. The topological polar surface area (TPSA) is 179 Å². The van der Waals surface area contributed by atoms with Crippen LogP contribution in [0.1, 0.15) is 89.4 Å². The second kappa shape index (κ2) is 11.3. The molecule has 3 rings (SSSR count). The summed E-state index contributed by atoms with van der Waals surface area (Å²) in [6.45, 7) is 9.90. The van der Waals surface area contributed by atoms with Crippen molar-refractivity contribution in [3.8, 4) is 28.7 Å². The molecule has 0 aliphatic rings. The maximum atomic E-state index is 13.2. The third-order valence-corrected chi connectivity index (χ3v) is 7.32. The average Bonchev–Trinajstić information content (AvgIpc) is 2.91. The highest BCUT2D eigenvalue weighted by Gasteiger charge is 2.32. The number of hydrogen-bond donors (Lipinski definition) is 5. The van der Waals surface area contributed by atoms with Gasteiger partial charge < -0.3 is 34.4 Å². The molecule has 0 saturated carbocycles. The Labute approximate surface area is 224 Å². The number of aromatic hydroxyl groups is 5. The Kier molecular flexibility index (Phi) is 8.48. The van der Waals surface area contributed by atoms with E-state index in [1.165, 1.54) is 0 Å². The van der Waals surface area contributed by atoms with Gasteiger partial charge in [-0.3, -0.25) is 4.79 Å². The Balaban J connectivity index is 2.34. The lowest BCUT2D eigenvalue weighted by Crippen LogP contribution is -2.16. The highest BCUT2D eigenvalue weighted by Crippen LogP contribution is 2.46. The van der Waals surface area contributed by atoms with Crippen LogP contribution in [-0.2, 0) is 25.7 Å². The van der Waals surface area contributed by atoms with Crippen LogP contribution in [0.2, 0.25) is 0 Å². The van der Waals surface area contributed by atoms with Crippen LogP contribution in [0.25, 0.3) is 0 Å². The van der Waals surface area contributed by atoms with Gasteiger partial charge in [0.05, 0.1) is 11.1 Å². The molecular weight excluding hydrogens is 508 g/mol. The molecule has 0 aliphatic heterocycles. The first-order valence-electron chi connectivity index (χ1n) is 12.8. The maximum absolute atomic E-state index is 13.2. The molecule has 2 aromatic heterocycles. The summed E-state index contributed by atoms with van der Waals surface area (Å²) in [4.78, 5) is 38.6. The van der Waals surface area contributed by atoms with Gasteiger partial charge in [0.2, 0.25) is 0 Å². The molecule has 0 radical (unpaired) electrons. The number of aryl methyl sites for hydroxylation is 2. The van der Waals surface area contributed by atoms with Gasteiger partial charge in [0.25, 0.3) is 0 Å². The van der Waals surface area contributed by atoms with Crippen molar-refractivity contribution in [2.24, 2.45) is 5.92 Å². The number of ketones is 1. The molecule has 5 N–H and O–H groups in total. The minimum atomic E-state index is -0.901. The van der Waals surface area contributed by atoms with E-state index in [-0.39, 0.29) is 33.8 Å². The number of Topliss-reactive ketones (excluding diaryl/α,β-unsaturated/α-hetero) is 1. The molecule has 1 aromatic carbocycles. The summed E-state index contributed by atoms with van der Waals surface area (Å²) in [5.74, 6) is -3.81. The molecule has 0 saturated heterocycles. The van der Waals surface area contributed by atoms with Gasteiger partial charge in [0.1, 0.15) is 45.8 Å². The van der Waals surface area contributed by atoms with Gasteiger partial charge in [0.15, 0.2) is 5.78 Å². The summed E-state index contributed by atoms with van der Waals surface area (Å²) in [5.41, 5.74) is -2.95. The van der Waals surface area contributed by atoms with Crippen molar-refractivity contribution in [2.45, 2.75) is 73.6 Å². The maximum Gasteiger partial charge on any atom is 0.343 e. The Morgan fingerprint density at radius 1 is 0.667 bits per heavy atom. The van der Waals surface area contributed by atoms with Crippen molar-refractivity contribution < 1.29 is 39.2 Å². The van der Waals surface area contributed by atoms with E-state index in [9.17, 15) is 39.9 Å². The lowest BCUT2D eigenvalue weighted by atomic mass is 9.87. The fourth-order valence-corrected chi connectivity index (χ4v) is 4.57. The minimum Gasteiger partial charge on any atom is -0.507 e. The van der Waals surface area contributed by atoms with Gasteiger partial charge >= 0.3 is 11.3 Å². The fraction of sp³-hybridized carbons (Fsp3) is 0.414. The van der Waals surface area contributed by atoms with Crippen molar-refractivity contribution in [3.63, 3.8) is 0 Å². The van der Waals surface area contributed by atoms with Gasteiger partial charge in [-0.15, -0.1) is 0 Å². The predicted octanol–water partition coefficient (Wildman–Crippen LogP) is 4.27. The summed E-state index contributed by atoms with van der Waals surface area (Å²) in [6, 6.07) is 0. The number of hydrogen-bond acceptors (Lipinski definition) is 10. The minimum absolute atomic E-state index is 0.266. The lowest BCUT2D eigenvalue weighted by molar-refractivity contribution is 0.0921. The van der Waals surface area contributed by atoms with Crippen molar-refractivity contribution in [3.05, 3.63) is 71.3 Å². The zero-order valence-electron chi connectivity index (χ0n) is 22.9. The summed E-state index contributed by atoms with van der Waals surface area (Å²) in [6.07, 6.45) is -0.0686. The van der Waals surface area contributed by atoms with Crippen LogP contribution >= 0.6 is 0 Å². The average molecular weight is 543 g/mol. The first-order chi connectivity index (χ1) is 18.3. The molecule has 0 amide bonds. The van der Waals surface area contributed by atoms with Crippen molar-refractivity contribution in [1.29, 1.82) is 0 Å². The van der Waals surface area contributed by atoms with Gasteiger partial charge in [-0.2, -0.15) is 0 Å². The molecule has 1 atom stereocenters. The lowest BCUT2D eigenvalue weighted by Gasteiger charge is -2.20. The van der Waals surface area contributed by atoms with E-state index >= 15 is 0 Å². The molecular formula is C29H34O10. The third kappa shape index (κ3) is 5.10. The monoisotopic (exact) mass is 542 g/mol. The van der Waals surface area contributed by atoms with E-state index in [4.69, 9.17) is 8.83 Å². The predicted molar refractivity (Wildman–Crippen MR) is 142 cm³/mol. The molecule has 2 heterocycles. The van der Waals surface area contributed by atoms with Crippen molar-refractivity contribution in [2.75, 3.05) is 0 Å². The van der Waals surface area contributed by atoms with Crippen LogP contribution in [-0.4, -0.2) is 31.3 Å². The van der Waals surface area contributed by atoms with Gasteiger partial charge in [0, 0.05) is 53.9 Å². The molecule has 10 nitrogen and oxygen atoms in total. The van der Waals surface area contributed by atoms with E-state index in [0.29, 0.717) is 30.4 Å². The van der Waals surface area contributed by atoms with Crippen molar-refractivity contribution in [1.82, 2.24) is 0 Å². The number of carbonyl (C=O) groups excluding carboxylic acids is 1. The molecule has 0 aliphatic carbocycles. The second-order valence-corrected chi connectivity index (χ2v) is 9.64. The third-order valence-electron chi connectivity index (χ3n) is 7.32. The van der Waals surface area contributed by atoms with Crippen LogP contribution in [0, 0.1) is 19.8 Å². The second-order valence-electron chi connectivity index (χ2n) is 9.64. The summed E-state index contributed by atoms with van der Waals surface area (Å²) in [5, 5.41) is 54.9. The molecule has 10 heteroatoms. The van der Waals surface area contributed by atoms with Crippen LogP contribution in [0.4, 0.5) is 0 Å². The summed E-state index contributed by atoms with van der Waals surface area (Å²) < 4.78 is 10.6. The van der Waals surface area contributed by atoms with Crippen LogP contribution < -0.4 is 11.3 Å². The van der Waals surface area contributed by atoms with Crippen LogP contribution in [0.15, 0.2) is 18.4 Å². The molecule has 0 spiro atoms. The first-order valence-corrected chi connectivity index (χ1v) is 12.8. The zero-order chi connectivity index (χ0) is 29.3. The summed E-state index contributed by atoms with van der Waals surface area (Å²) >= 11 is 0. The summed E-state index contributed by atoms with van der Waals surface area (Å²) in [7, 11) is 0. The van der Waals surface area contributed by atoms with Crippen LogP contribution in [0.5, 0.6) is 28.7 Å². The molecule has 39 heavy (non-hydrogen) atoms. The quantitative estimate of drug-likeness (QED) is 0.245. The number of carbonyl (C=O) groups is 1. The smallest absolute Gasteiger partial charge is 0.343 e. The standard InChI is InChI=1S/C29H34O10/c1-7-12(4)22(30)21-26(34)15(10-17-23(31)13(5)19(8-2)38-28(17)36)25(33)16(27(21)35)11-18-24(32)14(6)20(9-3)39-29(18)37/h12,31-35H,7-11H2,1-6H3/t12-/m1/s1. The zero-order valence-corrected chi connectivity index (χ0v) is 22.9. The van der Waals surface area contributed by atoms with Gasteiger partial charge in [-0.25, -0.2) is 9.59 Å². The Hall–Kier alpha value is -4.21. The highest BCUT2D eigenvalue weighted by atomic mass is 16.4. The molecule has 0 unspecified atom stereocenters. The van der Waals surface area contributed by atoms with E-state index in [1.54, 1.807) is 41.5 Å². The number of phenolic OH excluding ortho intramolecular Hbond substituents is 3. The molecule has 0 fully saturated rings. The SMILES string of the molecule is CCc1oc(=O)c(Cc2c(O)c(Cc3c(O)c(C)c(CC)oc3=O)c(O)c(C(=O)[C@H](C)CC)c2O)c(O)c1C. The normalized spacial score (nSPS) is 12.1. The van der Waals surface area contributed by atoms with E-state index in [0.717, 1.165) is 0 Å². The molecule has 3 aromatic rings. The van der Waals surface area contributed by atoms with E-state index < -0.39 is 70.1 Å². The van der Waals surface area contributed by atoms with Gasteiger partial charge in [-0.1, -0.05) is 27.7 Å².